The number of methoxy groups -OCH3 is 1. The van der Waals surface area contributed by atoms with Gasteiger partial charge in [-0.05, 0) is 23.5 Å². The molecule has 0 fully saturated rings. The summed E-state index contributed by atoms with van der Waals surface area (Å²) in [5, 5.41) is 0. The van der Waals surface area contributed by atoms with Crippen molar-refractivity contribution in [1.82, 2.24) is 4.90 Å². The number of nitrogens with zero attached hydrogens (tertiary/aromatic N) is 1. The van der Waals surface area contributed by atoms with E-state index in [0.29, 0.717) is 5.92 Å². The van der Waals surface area contributed by atoms with Crippen LogP contribution in [-0.4, -0.2) is 24.0 Å². The van der Waals surface area contributed by atoms with Crippen LogP contribution >= 0.6 is 0 Å². The maximum Gasteiger partial charge on any atom is 0.323 e. The molecule has 0 saturated carbocycles. The highest BCUT2D eigenvalue weighted by Gasteiger charge is 2.27. The van der Waals surface area contributed by atoms with Crippen molar-refractivity contribution in [2.24, 2.45) is 5.92 Å². The topological polar surface area (TPSA) is 29.5 Å². The Bertz CT molecular complexity index is 569. The van der Waals surface area contributed by atoms with Crippen LogP contribution in [0.2, 0.25) is 0 Å². The SMILES string of the molecule is COC(=O)[C@@H](CC(C)C)N(Cc1ccccc1)Cc1ccccc1. The van der Waals surface area contributed by atoms with E-state index in [2.05, 4.69) is 43.0 Å². The van der Waals surface area contributed by atoms with Gasteiger partial charge in [0.1, 0.15) is 6.04 Å². The Labute approximate surface area is 145 Å². The van der Waals surface area contributed by atoms with Crippen molar-refractivity contribution in [1.29, 1.82) is 0 Å². The molecular weight excluding hydrogens is 298 g/mol. The molecule has 0 aliphatic heterocycles. The summed E-state index contributed by atoms with van der Waals surface area (Å²) in [5.74, 6) is 0.263. The molecule has 2 aromatic carbocycles. The molecule has 0 spiro atoms. The molecule has 0 amide bonds. The average molecular weight is 325 g/mol. The number of carbonyl (C=O) groups is 1. The first-order valence-corrected chi connectivity index (χ1v) is 8.50. The first-order valence-electron chi connectivity index (χ1n) is 8.50. The molecule has 0 radical (unpaired) electrons. The van der Waals surface area contributed by atoms with Crippen LogP contribution in [0.15, 0.2) is 60.7 Å². The predicted molar refractivity (Wildman–Crippen MR) is 97.4 cm³/mol. The molecule has 0 heterocycles. The second kappa shape index (κ2) is 9.24. The first kappa shape index (κ1) is 18.2. The van der Waals surface area contributed by atoms with E-state index < -0.39 is 0 Å². The van der Waals surface area contributed by atoms with Gasteiger partial charge in [-0.1, -0.05) is 74.5 Å². The largest absolute Gasteiger partial charge is 0.468 e. The lowest BCUT2D eigenvalue weighted by Crippen LogP contribution is -2.42. The highest BCUT2D eigenvalue weighted by molar-refractivity contribution is 5.75. The van der Waals surface area contributed by atoms with Crippen molar-refractivity contribution in [3.63, 3.8) is 0 Å². The van der Waals surface area contributed by atoms with Gasteiger partial charge < -0.3 is 4.74 Å². The molecule has 0 aromatic heterocycles. The van der Waals surface area contributed by atoms with E-state index in [0.717, 1.165) is 19.5 Å². The number of hydrogen-bond acceptors (Lipinski definition) is 3. The van der Waals surface area contributed by atoms with E-state index in [1.807, 2.05) is 36.4 Å². The average Bonchev–Trinajstić information content (AvgIpc) is 2.60. The van der Waals surface area contributed by atoms with Gasteiger partial charge >= 0.3 is 5.97 Å². The minimum absolute atomic E-state index is 0.157. The summed E-state index contributed by atoms with van der Waals surface area (Å²) >= 11 is 0. The normalized spacial score (nSPS) is 12.4. The van der Waals surface area contributed by atoms with Crippen LogP contribution < -0.4 is 0 Å². The van der Waals surface area contributed by atoms with Gasteiger partial charge in [-0.2, -0.15) is 0 Å². The third kappa shape index (κ3) is 5.50. The lowest BCUT2D eigenvalue weighted by Gasteiger charge is -2.31. The second-order valence-corrected chi connectivity index (χ2v) is 6.54. The molecule has 3 nitrogen and oxygen atoms in total. The van der Waals surface area contributed by atoms with E-state index in [1.54, 1.807) is 0 Å². The quantitative estimate of drug-likeness (QED) is 0.679. The number of rotatable bonds is 8. The molecule has 24 heavy (non-hydrogen) atoms. The second-order valence-electron chi connectivity index (χ2n) is 6.54. The van der Waals surface area contributed by atoms with Crippen molar-refractivity contribution >= 4 is 5.97 Å². The fourth-order valence-corrected chi connectivity index (χ4v) is 2.89. The van der Waals surface area contributed by atoms with Crippen LogP contribution in [0.25, 0.3) is 0 Å². The lowest BCUT2D eigenvalue weighted by molar-refractivity contribution is -0.148. The maximum absolute atomic E-state index is 12.4. The Morgan fingerprint density at radius 3 is 1.75 bits per heavy atom. The molecule has 0 unspecified atom stereocenters. The number of hydrogen-bond donors (Lipinski definition) is 0. The van der Waals surface area contributed by atoms with Gasteiger partial charge in [-0.15, -0.1) is 0 Å². The number of benzene rings is 2. The summed E-state index contributed by atoms with van der Waals surface area (Å²) in [6.07, 6.45) is 0.784. The smallest absolute Gasteiger partial charge is 0.323 e. The van der Waals surface area contributed by atoms with Crippen molar-refractivity contribution < 1.29 is 9.53 Å². The molecule has 3 heteroatoms. The third-order valence-electron chi connectivity index (χ3n) is 4.07. The van der Waals surface area contributed by atoms with E-state index in [1.165, 1.54) is 18.2 Å². The molecule has 0 saturated heterocycles. The van der Waals surface area contributed by atoms with Crippen LogP contribution in [0, 0.1) is 5.92 Å². The highest BCUT2D eigenvalue weighted by atomic mass is 16.5. The number of ether oxygens (including phenoxy) is 1. The molecule has 128 valence electrons. The summed E-state index contributed by atoms with van der Waals surface area (Å²) in [6.45, 7) is 5.72. The van der Waals surface area contributed by atoms with Gasteiger partial charge in [-0.25, -0.2) is 0 Å². The van der Waals surface area contributed by atoms with Crippen LogP contribution in [-0.2, 0) is 22.6 Å². The minimum atomic E-state index is -0.240. The Morgan fingerprint density at radius 1 is 0.917 bits per heavy atom. The van der Waals surface area contributed by atoms with E-state index in [4.69, 9.17) is 4.74 Å². The minimum Gasteiger partial charge on any atom is -0.468 e. The molecule has 2 aromatic rings. The summed E-state index contributed by atoms with van der Waals surface area (Å²) in [5.41, 5.74) is 2.40. The summed E-state index contributed by atoms with van der Waals surface area (Å²) in [4.78, 5) is 14.6. The zero-order valence-corrected chi connectivity index (χ0v) is 14.8. The zero-order chi connectivity index (χ0) is 17.4. The molecule has 1 atom stereocenters. The van der Waals surface area contributed by atoms with Crippen molar-refractivity contribution in [3.8, 4) is 0 Å². The fraction of sp³-hybridized carbons (Fsp3) is 0.381. The molecule has 0 aliphatic rings. The lowest BCUT2D eigenvalue weighted by atomic mass is 10.0. The van der Waals surface area contributed by atoms with Gasteiger partial charge in [0.2, 0.25) is 0 Å². The monoisotopic (exact) mass is 325 g/mol. The molecule has 2 rings (SSSR count). The standard InChI is InChI=1S/C21H27NO2/c1-17(2)14-20(21(23)24-3)22(15-18-10-6-4-7-11-18)16-19-12-8-5-9-13-19/h4-13,17,20H,14-16H2,1-3H3/t20-/m1/s1. The van der Waals surface area contributed by atoms with Crippen molar-refractivity contribution in [2.75, 3.05) is 7.11 Å². The van der Waals surface area contributed by atoms with Gasteiger partial charge in [-0.3, -0.25) is 9.69 Å². The molecule has 0 bridgehead atoms. The molecular formula is C21H27NO2. The Balaban J connectivity index is 2.26. The third-order valence-corrected chi connectivity index (χ3v) is 4.07. The zero-order valence-electron chi connectivity index (χ0n) is 14.8. The summed E-state index contributed by atoms with van der Waals surface area (Å²) in [6, 6.07) is 20.3. The first-order chi connectivity index (χ1) is 11.6. The number of carbonyl (C=O) groups excluding carboxylic acids is 1. The van der Waals surface area contributed by atoms with Crippen LogP contribution in [0.5, 0.6) is 0 Å². The van der Waals surface area contributed by atoms with Crippen molar-refractivity contribution in [3.05, 3.63) is 71.8 Å². The van der Waals surface area contributed by atoms with Crippen molar-refractivity contribution in [2.45, 2.75) is 39.4 Å². The predicted octanol–water partition coefficient (Wildman–Crippen LogP) is 4.28. The van der Waals surface area contributed by atoms with Gasteiger partial charge in [0.15, 0.2) is 0 Å². The van der Waals surface area contributed by atoms with Crippen LogP contribution in [0.3, 0.4) is 0 Å². The summed E-state index contributed by atoms with van der Waals surface area (Å²) in [7, 11) is 1.47. The van der Waals surface area contributed by atoms with Crippen LogP contribution in [0.1, 0.15) is 31.4 Å². The maximum atomic E-state index is 12.4. The summed E-state index contributed by atoms with van der Waals surface area (Å²) < 4.78 is 5.09. The van der Waals surface area contributed by atoms with Gasteiger partial charge in [0.25, 0.3) is 0 Å². The van der Waals surface area contributed by atoms with Gasteiger partial charge in [0.05, 0.1) is 7.11 Å². The van der Waals surface area contributed by atoms with Gasteiger partial charge in [0, 0.05) is 13.1 Å². The van der Waals surface area contributed by atoms with E-state index in [-0.39, 0.29) is 12.0 Å². The molecule has 0 aliphatic carbocycles. The fourth-order valence-electron chi connectivity index (χ4n) is 2.89. The van der Waals surface area contributed by atoms with E-state index in [9.17, 15) is 4.79 Å². The Kier molecular flexibility index (Phi) is 7.01. The highest BCUT2D eigenvalue weighted by Crippen LogP contribution is 2.19. The Hall–Kier alpha value is -2.13. The van der Waals surface area contributed by atoms with E-state index >= 15 is 0 Å². The van der Waals surface area contributed by atoms with Crippen LogP contribution in [0.4, 0.5) is 0 Å². The Morgan fingerprint density at radius 2 is 1.38 bits per heavy atom. The molecule has 0 N–H and O–H groups in total. The number of esters is 1.